The van der Waals surface area contributed by atoms with Crippen molar-refractivity contribution in [1.29, 1.82) is 0 Å². The first-order valence-corrected chi connectivity index (χ1v) is 10.9. The molecule has 0 heterocycles. The highest BCUT2D eigenvalue weighted by atomic mass is 35.5. The maximum Gasteiger partial charge on any atom is 0.234 e. The van der Waals surface area contributed by atoms with Crippen molar-refractivity contribution in [2.45, 2.75) is 19.1 Å². The standard InChI is InChI=1S/C24H23ClN2O2S/c1-16-8-13-21(26-17(2)28)22(14-16)27-23(29)15-30-24(18-6-4-3-5-7-18)19-9-11-20(25)12-10-19/h3-14,24H,15H2,1-2H3,(H,26,28)(H,27,29). The van der Waals surface area contributed by atoms with Crippen LogP contribution in [-0.4, -0.2) is 17.6 Å². The van der Waals surface area contributed by atoms with E-state index in [0.29, 0.717) is 16.4 Å². The Morgan fingerprint density at radius 3 is 2.23 bits per heavy atom. The van der Waals surface area contributed by atoms with E-state index in [1.54, 1.807) is 17.8 Å². The molecule has 30 heavy (non-hydrogen) atoms. The molecule has 0 aliphatic heterocycles. The van der Waals surface area contributed by atoms with E-state index in [0.717, 1.165) is 16.7 Å². The van der Waals surface area contributed by atoms with E-state index in [-0.39, 0.29) is 22.8 Å². The predicted molar refractivity (Wildman–Crippen MR) is 126 cm³/mol. The molecule has 3 rings (SSSR count). The van der Waals surface area contributed by atoms with E-state index in [2.05, 4.69) is 22.8 Å². The number of hydrogen-bond donors (Lipinski definition) is 2. The summed E-state index contributed by atoms with van der Waals surface area (Å²) in [7, 11) is 0. The van der Waals surface area contributed by atoms with Crippen molar-refractivity contribution >= 4 is 46.6 Å². The molecule has 0 aliphatic carbocycles. The third-order valence-electron chi connectivity index (χ3n) is 4.42. The van der Waals surface area contributed by atoms with Gasteiger partial charge in [-0.25, -0.2) is 0 Å². The summed E-state index contributed by atoms with van der Waals surface area (Å²) in [5, 5.41) is 6.36. The fraction of sp³-hybridized carbons (Fsp3) is 0.167. The highest BCUT2D eigenvalue weighted by molar-refractivity contribution is 8.00. The van der Waals surface area contributed by atoms with Gasteiger partial charge in [0.05, 0.1) is 22.4 Å². The van der Waals surface area contributed by atoms with E-state index >= 15 is 0 Å². The number of rotatable bonds is 7. The molecule has 1 atom stereocenters. The van der Waals surface area contributed by atoms with Crippen LogP contribution in [0.3, 0.4) is 0 Å². The zero-order valence-electron chi connectivity index (χ0n) is 16.8. The maximum atomic E-state index is 12.7. The van der Waals surface area contributed by atoms with Crippen LogP contribution in [0.4, 0.5) is 11.4 Å². The normalized spacial score (nSPS) is 11.6. The van der Waals surface area contributed by atoms with Gasteiger partial charge in [-0.15, -0.1) is 11.8 Å². The Labute approximate surface area is 186 Å². The van der Waals surface area contributed by atoms with Gasteiger partial charge in [-0.3, -0.25) is 9.59 Å². The van der Waals surface area contributed by atoms with Gasteiger partial charge in [0.25, 0.3) is 0 Å². The molecule has 0 aromatic heterocycles. The number of benzene rings is 3. The first-order chi connectivity index (χ1) is 14.4. The first kappa shape index (κ1) is 21.9. The van der Waals surface area contributed by atoms with Gasteiger partial charge in [0.2, 0.25) is 11.8 Å². The zero-order chi connectivity index (χ0) is 21.5. The second kappa shape index (κ2) is 10.3. The molecule has 0 radical (unpaired) electrons. The summed E-state index contributed by atoms with van der Waals surface area (Å²) in [6, 6.07) is 23.3. The molecule has 6 heteroatoms. The number of anilines is 2. The van der Waals surface area contributed by atoms with Crippen molar-refractivity contribution in [3.8, 4) is 0 Å². The monoisotopic (exact) mass is 438 g/mol. The maximum absolute atomic E-state index is 12.7. The number of hydrogen-bond acceptors (Lipinski definition) is 3. The lowest BCUT2D eigenvalue weighted by atomic mass is 10.0. The van der Waals surface area contributed by atoms with Crippen molar-refractivity contribution in [3.05, 3.63) is 94.5 Å². The molecule has 4 nitrogen and oxygen atoms in total. The number of amides is 2. The second-order valence-corrected chi connectivity index (χ2v) is 8.46. The number of carbonyl (C=O) groups is 2. The molecule has 3 aromatic carbocycles. The molecular weight excluding hydrogens is 416 g/mol. The topological polar surface area (TPSA) is 58.2 Å². The summed E-state index contributed by atoms with van der Waals surface area (Å²) in [6.45, 7) is 3.38. The molecule has 3 aromatic rings. The molecule has 1 unspecified atom stereocenters. The van der Waals surface area contributed by atoms with Crippen LogP contribution < -0.4 is 10.6 Å². The van der Waals surface area contributed by atoms with Crippen LogP contribution in [0.15, 0.2) is 72.8 Å². The fourth-order valence-electron chi connectivity index (χ4n) is 3.06. The minimum Gasteiger partial charge on any atom is -0.325 e. The average Bonchev–Trinajstić information content (AvgIpc) is 2.72. The lowest BCUT2D eigenvalue weighted by Gasteiger charge is -2.18. The van der Waals surface area contributed by atoms with Crippen molar-refractivity contribution in [3.63, 3.8) is 0 Å². The number of carbonyl (C=O) groups excluding carboxylic acids is 2. The van der Waals surface area contributed by atoms with E-state index in [4.69, 9.17) is 11.6 Å². The van der Waals surface area contributed by atoms with Gasteiger partial charge < -0.3 is 10.6 Å². The minimum absolute atomic E-state index is 0.00143. The van der Waals surface area contributed by atoms with E-state index in [1.165, 1.54) is 6.92 Å². The zero-order valence-corrected chi connectivity index (χ0v) is 18.4. The predicted octanol–water partition coefficient (Wildman–Crippen LogP) is 6.07. The van der Waals surface area contributed by atoms with Crippen LogP contribution >= 0.6 is 23.4 Å². The Hall–Kier alpha value is -2.76. The van der Waals surface area contributed by atoms with Crippen LogP contribution in [0.1, 0.15) is 28.9 Å². The van der Waals surface area contributed by atoms with Crippen LogP contribution in [0.2, 0.25) is 5.02 Å². The van der Waals surface area contributed by atoms with Crippen LogP contribution in [0.5, 0.6) is 0 Å². The summed E-state index contributed by atoms with van der Waals surface area (Å²) in [5.41, 5.74) is 4.38. The molecule has 154 valence electrons. The Morgan fingerprint density at radius 1 is 0.900 bits per heavy atom. The largest absolute Gasteiger partial charge is 0.325 e. The molecule has 2 N–H and O–H groups in total. The Kier molecular flexibility index (Phi) is 7.55. The first-order valence-electron chi connectivity index (χ1n) is 9.52. The molecule has 0 fully saturated rings. The number of thioether (sulfide) groups is 1. The van der Waals surface area contributed by atoms with Crippen molar-refractivity contribution < 1.29 is 9.59 Å². The van der Waals surface area contributed by atoms with Gasteiger partial charge in [0.1, 0.15) is 0 Å². The lowest BCUT2D eigenvalue weighted by Crippen LogP contribution is -2.17. The van der Waals surface area contributed by atoms with Gasteiger partial charge in [-0.2, -0.15) is 0 Å². The van der Waals surface area contributed by atoms with Gasteiger partial charge in [-0.1, -0.05) is 60.1 Å². The van der Waals surface area contributed by atoms with Gasteiger partial charge >= 0.3 is 0 Å². The van der Waals surface area contributed by atoms with Gasteiger partial charge in [-0.05, 0) is 47.9 Å². The lowest BCUT2D eigenvalue weighted by molar-refractivity contribution is -0.115. The van der Waals surface area contributed by atoms with Gasteiger partial charge in [0.15, 0.2) is 0 Å². The molecular formula is C24H23ClN2O2S. The summed E-state index contributed by atoms with van der Waals surface area (Å²) < 4.78 is 0. The minimum atomic E-state index is -0.185. The number of halogens is 1. The number of nitrogens with one attached hydrogen (secondary N) is 2. The van der Waals surface area contributed by atoms with E-state index in [9.17, 15) is 9.59 Å². The highest BCUT2D eigenvalue weighted by Crippen LogP contribution is 2.36. The Bertz CT molecular complexity index is 1020. The molecule has 0 bridgehead atoms. The molecule has 0 spiro atoms. The van der Waals surface area contributed by atoms with Crippen molar-refractivity contribution in [1.82, 2.24) is 0 Å². The fourth-order valence-corrected chi connectivity index (χ4v) is 4.27. The van der Waals surface area contributed by atoms with E-state index < -0.39 is 0 Å². The average molecular weight is 439 g/mol. The van der Waals surface area contributed by atoms with Crippen molar-refractivity contribution in [2.75, 3.05) is 16.4 Å². The third kappa shape index (κ3) is 6.12. The smallest absolute Gasteiger partial charge is 0.234 e. The summed E-state index contributed by atoms with van der Waals surface area (Å²) >= 11 is 7.59. The Morgan fingerprint density at radius 2 is 1.57 bits per heavy atom. The number of aryl methyl sites for hydroxylation is 1. The van der Waals surface area contributed by atoms with E-state index in [1.807, 2.05) is 61.5 Å². The summed E-state index contributed by atoms with van der Waals surface area (Å²) in [4.78, 5) is 24.2. The Balaban J connectivity index is 1.75. The SMILES string of the molecule is CC(=O)Nc1ccc(C)cc1NC(=O)CSC(c1ccccc1)c1ccc(Cl)cc1. The third-order valence-corrected chi connectivity index (χ3v) is 5.97. The molecule has 0 saturated heterocycles. The second-order valence-electron chi connectivity index (χ2n) is 6.93. The molecule has 2 amide bonds. The molecule has 0 aliphatic rings. The van der Waals surface area contributed by atoms with Crippen LogP contribution in [0.25, 0.3) is 0 Å². The molecule has 0 saturated carbocycles. The van der Waals surface area contributed by atoms with Crippen LogP contribution in [0, 0.1) is 6.92 Å². The quantitative estimate of drug-likeness (QED) is 0.470. The van der Waals surface area contributed by atoms with Crippen LogP contribution in [-0.2, 0) is 9.59 Å². The van der Waals surface area contributed by atoms with Gasteiger partial charge in [0, 0.05) is 11.9 Å². The van der Waals surface area contributed by atoms with Crippen molar-refractivity contribution in [2.24, 2.45) is 0 Å². The highest BCUT2D eigenvalue weighted by Gasteiger charge is 2.17. The summed E-state index contributed by atoms with van der Waals surface area (Å²) in [6.07, 6.45) is 0. The summed E-state index contributed by atoms with van der Waals surface area (Å²) in [5.74, 6) is -0.0574.